The highest BCUT2D eigenvalue weighted by Crippen LogP contribution is 2.32. The Morgan fingerprint density at radius 1 is 0.906 bits per heavy atom. The molecular formula is C24H23N5O3. The third kappa shape index (κ3) is 3.87. The van der Waals surface area contributed by atoms with E-state index in [0.717, 1.165) is 11.1 Å². The molecule has 1 aliphatic rings. The molecule has 0 N–H and O–H groups in total. The lowest BCUT2D eigenvalue weighted by atomic mass is 10.2. The Bertz CT molecular complexity index is 1220. The molecule has 8 heteroatoms. The highest BCUT2D eigenvalue weighted by molar-refractivity contribution is 5.85. The summed E-state index contributed by atoms with van der Waals surface area (Å²) in [5, 5.41) is 0. The van der Waals surface area contributed by atoms with E-state index in [1.54, 1.807) is 4.90 Å². The van der Waals surface area contributed by atoms with Gasteiger partial charge in [0.25, 0.3) is 0 Å². The van der Waals surface area contributed by atoms with Crippen molar-refractivity contribution in [3.63, 3.8) is 0 Å². The average molecular weight is 429 g/mol. The zero-order valence-corrected chi connectivity index (χ0v) is 17.8. The number of piperazine rings is 1. The van der Waals surface area contributed by atoms with Crippen molar-refractivity contribution in [3.8, 4) is 22.8 Å². The molecule has 5 rings (SSSR count). The zero-order valence-electron chi connectivity index (χ0n) is 17.8. The highest BCUT2D eigenvalue weighted by Gasteiger charge is 2.27. The number of hydrogen-bond donors (Lipinski definition) is 0. The zero-order chi connectivity index (χ0) is 21.9. The Balaban J connectivity index is 1.54. The fraction of sp³-hybridized carbons (Fsp3) is 0.250. The van der Waals surface area contributed by atoms with E-state index in [4.69, 9.17) is 14.1 Å². The fourth-order valence-corrected chi connectivity index (χ4v) is 3.76. The molecule has 0 spiro atoms. The average Bonchev–Trinajstić information content (AvgIpc) is 3.29. The first-order valence-corrected chi connectivity index (χ1v) is 10.7. The lowest BCUT2D eigenvalue weighted by Gasteiger charge is -2.34. The van der Waals surface area contributed by atoms with Crippen molar-refractivity contribution < 1.29 is 13.9 Å². The van der Waals surface area contributed by atoms with Crippen molar-refractivity contribution in [2.24, 2.45) is 0 Å². The Kier molecular flexibility index (Phi) is 5.41. The summed E-state index contributed by atoms with van der Waals surface area (Å²) < 4.78 is 11.3. The summed E-state index contributed by atoms with van der Waals surface area (Å²) in [6.07, 6.45) is -0.281. The van der Waals surface area contributed by atoms with Crippen LogP contribution in [-0.4, -0.2) is 58.7 Å². The van der Waals surface area contributed by atoms with E-state index < -0.39 is 0 Å². The molecule has 0 bridgehead atoms. The van der Waals surface area contributed by atoms with E-state index in [1.807, 2.05) is 67.6 Å². The number of carbonyl (C=O) groups is 1. The van der Waals surface area contributed by atoms with Gasteiger partial charge in [0.15, 0.2) is 11.6 Å². The summed E-state index contributed by atoms with van der Waals surface area (Å²) in [7, 11) is 0. The second-order valence-corrected chi connectivity index (χ2v) is 7.45. The first kappa shape index (κ1) is 20.0. The van der Waals surface area contributed by atoms with Crippen LogP contribution in [-0.2, 0) is 4.74 Å². The molecule has 8 nitrogen and oxygen atoms in total. The van der Waals surface area contributed by atoms with Crippen LogP contribution in [0.4, 0.5) is 10.6 Å². The molecule has 3 heterocycles. The fourth-order valence-electron chi connectivity index (χ4n) is 3.76. The van der Waals surface area contributed by atoms with Crippen LogP contribution in [0.25, 0.3) is 34.1 Å². The molecule has 0 aliphatic carbocycles. The normalized spacial score (nSPS) is 14.0. The minimum atomic E-state index is -0.281. The Morgan fingerprint density at radius 2 is 1.56 bits per heavy atom. The minimum absolute atomic E-state index is 0.281. The molecule has 1 saturated heterocycles. The van der Waals surface area contributed by atoms with Gasteiger partial charge in [0, 0.05) is 37.3 Å². The van der Waals surface area contributed by atoms with Crippen LogP contribution >= 0.6 is 0 Å². The maximum absolute atomic E-state index is 12.1. The van der Waals surface area contributed by atoms with Gasteiger partial charge in [-0.3, -0.25) is 0 Å². The Morgan fingerprint density at radius 3 is 2.22 bits per heavy atom. The van der Waals surface area contributed by atoms with Crippen molar-refractivity contribution in [1.29, 1.82) is 0 Å². The van der Waals surface area contributed by atoms with Crippen LogP contribution in [0, 0.1) is 0 Å². The van der Waals surface area contributed by atoms with Crippen LogP contribution in [0.5, 0.6) is 0 Å². The summed E-state index contributed by atoms with van der Waals surface area (Å²) in [5.74, 6) is 1.78. The van der Waals surface area contributed by atoms with Gasteiger partial charge in [-0.25, -0.2) is 14.8 Å². The van der Waals surface area contributed by atoms with Crippen LogP contribution in [0.3, 0.4) is 0 Å². The van der Waals surface area contributed by atoms with Crippen molar-refractivity contribution in [2.75, 3.05) is 37.7 Å². The quantitative estimate of drug-likeness (QED) is 0.480. The summed E-state index contributed by atoms with van der Waals surface area (Å²) in [6.45, 7) is 4.49. The monoisotopic (exact) mass is 429 g/mol. The molecule has 0 atom stereocenters. The highest BCUT2D eigenvalue weighted by atomic mass is 16.6. The van der Waals surface area contributed by atoms with E-state index in [2.05, 4.69) is 14.9 Å². The molecule has 2 aromatic carbocycles. The molecule has 1 aliphatic heterocycles. The number of carbonyl (C=O) groups excluding carboxylic acids is 1. The number of amides is 1. The molecule has 4 aromatic rings. The van der Waals surface area contributed by atoms with Crippen LogP contribution in [0.1, 0.15) is 6.92 Å². The summed E-state index contributed by atoms with van der Waals surface area (Å²) in [6, 6.07) is 19.6. The summed E-state index contributed by atoms with van der Waals surface area (Å²) >= 11 is 0. The first-order chi connectivity index (χ1) is 15.7. The van der Waals surface area contributed by atoms with Gasteiger partial charge in [-0.1, -0.05) is 48.5 Å². The number of nitrogens with zero attached hydrogens (tertiary/aromatic N) is 5. The first-order valence-electron chi connectivity index (χ1n) is 10.7. The van der Waals surface area contributed by atoms with Gasteiger partial charge in [0.05, 0.1) is 6.61 Å². The smallest absolute Gasteiger partial charge is 0.409 e. The molecule has 2 aromatic heterocycles. The second kappa shape index (κ2) is 8.66. The van der Waals surface area contributed by atoms with Crippen molar-refractivity contribution in [3.05, 3.63) is 60.7 Å². The number of ether oxygens (including phenoxy) is 1. The van der Waals surface area contributed by atoms with E-state index in [1.165, 1.54) is 0 Å². The number of benzene rings is 2. The van der Waals surface area contributed by atoms with Gasteiger partial charge in [0.2, 0.25) is 17.1 Å². The van der Waals surface area contributed by atoms with E-state index in [9.17, 15) is 4.79 Å². The predicted molar refractivity (Wildman–Crippen MR) is 121 cm³/mol. The topological polar surface area (TPSA) is 84.6 Å². The largest absolute Gasteiger partial charge is 0.450 e. The van der Waals surface area contributed by atoms with Gasteiger partial charge in [0.1, 0.15) is 0 Å². The van der Waals surface area contributed by atoms with E-state index >= 15 is 0 Å². The molecule has 1 fully saturated rings. The number of anilines is 1. The number of hydrogen-bond acceptors (Lipinski definition) is 7. The standard InChI is InChI=1S/C24H23N5O3/c1-2-31-24(30)29-15-13-28(14-16-29)22-19-21(25-20(26-22)17-9-5-3-6-10-17)27-23(32-19)18-11-7-4-8-12-18/h3-12H,2,13-16H2,1H3. The molecule has 162 valence electrons. The van der Waals surface area contributed by atoms with Crippen molar-refractivity contribution in [2.45, 2.75) is 6.92 Å². The van der Waals surface area contributed by atoms with Crippen molar-refractivity contribution >= 4 is 23.1 Å². The van der Waals surface area contributed by atoms with Crippen LogP contribution in [0.15, 0.2) is 65.1 Å². The number of rotatable bonds is 4. The van der Waals surface area contributed by atoms with Crippen LogP contribution in [0.2, 0.25) is 0 Å². The minimum Gasteiger partial charge on any atom is -0.450 e. The number of fused-ring (bicyclic) bond motifs is 1. The molecule has 1 amide bonds. The van der Waals surface area contributed by atoms with Gasteiger partial charge in [-0.15, -0.1) is 0 Å². The van der Waals surface area contributed by atoms with Crippen LogP contribution < -0.4 is 4.90 Å². The predicted octanol–water partition coefficient (Wildman–Crippen LogP) is 4.23. The van der Waals surface area contributed by atoms with E-state index in [-0.39, 0.29) is 6.09 Å². The maximum Gasteiger partial charge on any atom is 0.409 e. The molecule has 0 radical (unpaired) electrons. The lowest BCUT2D eigenvalue weighted by Crippen LogP contribution is -2.49. The van der Waals surface area contributed by atoms with E-state index in [0.29, 0.717) is 61.5 Å². The van der Waals surface area contributed by atoms with Gasteiger partial charge < -0.3 is 19.0 Å². The lowest BCUT2D eigenvalue weighted by molar-refractivity contribution is 0.105. The molecular weight excluding hydrogens is 406 g/mol. The third-order valence-corrected chi connectivity index (χ3v) is 5.39. The third-order valence-electron chi connectivity index (χ3n) is 5.39. The molecule has 32 heavy (non-hydrogen) atoms. The summed E-state index contributed by atoms with van der Waals surface area (Å²) in [4.78, 5) is 30.1. The summed E-state index contributed by atoms with van der Waals surface area (Å²) in [5.41, 5.74) is 2.85. The van der Waals surface area contributed by atoms with Crippen molar-refractivity contribution in [1.82, 2.24) is 19.9 Å². The Labute approximate surface area is 185 Å². The number of aromatic nitrogens is 3. The maximum atomic E-state index is 12.1. The Hall–Kier alpha value is -3.94. The molecule has 0 unspecified atom stereocenters. The van der Waals surface area contributed by atoms with Gasteiger partial charge in [-0.05, 0) is 19.1 Å². The number of oxazole rings is 1. The van der Waals surface area contributed by atoms with Gasteiger partial charge >= 0.3 is 6.09 Å². The second-order valence-electron chi connectivity index (χ2n) is 7.45. The molecule has 0 saturated carbocycles. The van der Waals surface area contributed by atoms with Gasteiger partial charge in [-0.2, -0.15) is 4.98 Å². The SMILES string of the molecule is CCOC(=O)N1CCN(c2nc(-c3ccccc3)nc3nc(-c4ccccc4)oc23)CC1.